The molecule has 0 bridgehead atoms. The van der Waals surface area contributed by atoms with E-state index in [1.165, 1.54) is 148 Å². The number of phosphoric acid groups is 1. The maximum Gasteiger partial charge on any atom is 0.472 e. The fourth-order valence-electron chi connectivity index (χ4n) is 8.71. The highest BCUT2D eigenvalue weighted by molar-refractivity contribution is 7.47. The molecule has 0 saturated carbocycles. The molecule has 9 nitrogen and oxygen atoms in total. The lowest BCUT2D eigenvalue weighted by molar-refractivity contribution is -0.870. The molecule has 0 aromatic heterocycles. The number of rotatable bonds is 56. The summed E-state index contributed by atoms with van der Waals surface area (Å²) in [5.41, 5.74) is 0. The van der Waals surface area contributed by atoms with E-state index in [9.17, 15) is 19.0 Å². The van der Waals surface area contributed by atoms with Crippen LogP contribution >= 0.6 is 7.82 Å². The normalized spacial score (nSPS) is 14.4. The van der Waals surface area contributed by atoms with E-state index >= 15 is 0 Å². The second-order valence-corrected chi connectivity index (χ2v) is 23.8. The number of esters is 1. The summed E-state index contributed by atoms with van der Waals surface area (Å²) in [4.78, 5) is 37.7. The number of nitrogens with one attached hydrogen (secondary N) is 1. The molecule has 0 aromatic rings. The first-order valence-corrected chi connectivity index (χ1v) is 33.3. The second kappa shape index (κ2) is 56.9. The van der Waals surface area contributed by atoms with Gasteiger partial charge in [0.15, 0.2) is 0 Å². The van der Waals surface area contributed by atoms with Gasteiger partial charge >= 0.3 is 13.8 Å². The van der Waals surface area contributed by atoms with Crippen molar-refractivity contribution in [2.45, 2.75) is 270 Å². The van der Waals surface area contributed by atoms with Crippen LogP contribution in [0.15, 0.2) is 109 Å². The average molecular weight is 1110 g/mol. The van der Waals surface area contributed by atoms with Crippen LogP contribution in [0.5, 0.6) is 0 Å². The summed E-state index contributed by atoms with van der Waals surface area (Å²) < 4.78 is 30.7. The molecule has 1 amide bonds. The van der Waals surface area contributed by atoms with Gasteiger partial charge in [0.25, 0.3) is 0 Å². The Hall–Kier alpha value is -3.33. The third-order valence-electron chi connectivity index (χ3n) is 13.6. The first kappa shape index (κ1) is 74.7. The van der Waals surface area contributed by atoms with Crippen molar-refractivity contribution in [2.24, 2.45) is 0 Å². The molecule has 0 rings (SSSR count). The van der Waals surface area contributed by atoms with Crippen LogP contribution in [0.25, 0.3) is 0 Å². The van der Waals surface area contributed by atoms with Crippen molar-refractivity contribution in [2.75, 3.05) is 40.9 Å². The highest BCUT2D eigenvalue weighted by Gasteiger charge is 2.30. The Morgan fingerprint density at radius 1 is 0.474 bits per heavy atom. The molecule has 448 valence electrons. The lowest BCUT2D eigenvalue weighted by atomic mass is 10.0. The van der Waals surface area contributed by atoms with Gasteiger partial charge in [0, 0.05) is 12.8 Å². The molecule has 10 heteroatoms. The van der Waals surface area contributed by atoms with Gasteiger partial charge in [-0.3, -0.25) is 18.6 Å². The number of nitrogens with zero attached hydrogens (tertiary/aromatic N) is 1. The van der Waals surface area contributed by atoms with Crippen molar-refractivity contribution in [3.05, 3.63) is 109 Å². The molecule has 0 fully saturated rings. The van der Waals surface area contributed by atoms with E-state index in [-0.39, 0.29) is 37.9 Å². The smallest absolute Gasteiger partial charge is 0.456 e. The molecule has 0 heterocycles. The molecule has 0 aliphatic rings. The number of quaternary nitrogens is 1. The van der Waals surface area contributed by atoms with Crippen molar-refractivity contribution in [3.63, 3.8) is 0 Å². The Labute approximate surface area is 481 Å². The average Bonchev–Trinajstić information content (AvgIpc) is 3.40. The van der Waals surface area contributed by atoms with Crippen LogP contribution in [0.1, 0.15) is 258 Å². The number of unbranched alkanes of at least 4 members (excludes halogenated alkanes) is 29. The van der Waals surface area contributed by atoms with Gasteiger partial charge in [0.2, 0.25) is 5.91 Å². The molecule has 0 saturated heterocycles. The fourth-order valence-corrected chi connectivity index (χ4v) is 9.44. The molecular weight excluding hydrogens is 988 g/mol. The number of allylic oxidation sites excluding steroid dienone is 17. The van der Waals surface area contributed by atoms with Gasteiger partial charge in [-0.2, -0.15) is 0 Å². The molecule has 3 atom stereocenters. The molecule has 0 radical (unpaired) electrons. The quantitative estimate of drug-likeness (QED) is 0.0156. The number of hydrogen-bond acceptors (Lipinski definition) is 6. The van der Waals surface area contributed by atoms with Gasteiger partial charge in [-0.1, -0.05) is 272 Å². The Morgan fingerprint density at radius 2 is 0.872 bits per heavy atom. The van der Waals surface area contributed by atoms with Crippen LogP contribution in [0, 0.1) is 0 Å². The molecule has 0 aliphatic carbocycles. The second-order valence-electron chi connectivity index (χ2n) is 22.4. The lowest BCUT2D eigenvalue weighted by Crippen LogP contribution is -2.47. The van der Waals surface area contributed by atoms with Crippen molar-refractivity contribution in [1.29, 1.82) is 0 Å². The minimum Gasteiger partial charge on any atom is -0.456 e. The molecule has 3 unspecified atom stereocenters. The first-order chi connectivity index (χ1) is 37.9. The monoisotopic (exact) mass is 1110 g/mol. The van der Waals surface area contributed by atoms with E-state index in [4.69, 9.17) is 13.8 Å². The number of phosphoric ester groups is 1. The molecular formula is C68H120N2O7P+. The fraction of sp³-hybridized carbons (Fsp3) is 0.706. The molecule has 0 aromatic carbocycles. The largest absolute Gasteiger partial charge is 0.472 e. The Kier molecular flexibility index (Phi) is 54.5. The zero-order valence-corrected chi connectivity index (χ0v) is 52.0. The number of carbonyl (C=O) groups is 2. The number of carbonyl (C=O) groups excluding carboxylic acids is 2. The molecule has 78 heavy (non-hydrogen) atoms. The minimum atomic E-state index is -4.47. The number of likely N-dealkylation sites (N-methyl/N-ethyl adjacent to an activating group) is 1. The van der Waals surface area contributed by atoms with E-state index in [2.05, 4.69) is 62.5 Å². The first-order valence-electron chi connectivity index (χ1n) is 31.8. The summed E-state index contributed by atoms with van der Waals surface area (Å²) >= 11 is 0. The molecule has 2 N–H and O–H groups in total. The van der Waals surface area contributed by atoms with Crippen LogP contribution in [0.4, 0.5) is 0 Å². The van der Waals surface area contributed by atoms with Crippen LogP contribution in [0.3, 0.4) is 0 Å². The third kappa shape index (κ3) is 57.4. The summed E-state index contributed by atoms with van der Waals surface area (Å²) in [6.07, 6.45) is 78.1. The van der Waals surface area contributed by atoms with E-state index in [1.807, 2.05) is 94.1 Å². The predicted octanol–water partition coefficient (Wildman–Crippen LogP) is 19.7. The topological polar surface area (TPSA) is 111 Å². The van der Waals surface area contributed by atoms with E-state index in [0.717, 1.165) is 70.6 Å². The zero-order chi connectivity index (χ0) is 57.2. The van der Waals surface area contributed by atoms with Crippen molar-refractivity contribution in [3.8, 4) is 0 Å². The van der Waals surface area contributed by atoms with E-state index in [1.54, 1.807) is 0 Å². The lowest BCUT2D eigenvalue weighted by Gasteiger charge is -2.27. The third-order valence-corrected chi connectivity index (χ3v) is 14.6. The highest BCUT2D eigenvalue weighted by atomic mass is 31.2. The van der Waals surface area contributed by atoms with E-state index < -0.39 is 20.0 Å². The molecule has 0 aliphatic heterocycles. The van der Waals surface area contributed by atoms with Crippen LogP contribution in [-0.4, -0.2) is 74.3 Å². The number of hydrogen-bond donors (Lipinski definition) is 2. The summed E-state index contributed by atoms with van der Waals surface area (Å²) in [7, 11) is 1.45. The SMILES string of the molecule is CC\C=C/C=C/C=C/C=C\C=C\C=C\CCCCCC(=O)NC(COP(=O)(O)OCC[N+](C)(C)C)C(/C=C\CCCCCCCCCCCC)OC(=O)CCCCCCCCCCCCCCC/C=C\C/C=C\CCCCC. The highest BCUT2D eigenvalue weighted by Crippen LogP contribution is 2.43. The summed E-state index contributed by atoms with van der Waals surface area (Å²) in [5.74, 6) is -0.560. The number of ether oxygens (including phenoxy) is 1. The predicted molar refractivity (Wildman–Crippen MR) is 337 cm³/mol. The van der Waals surface area contributed by atoms with Gasteiger partial charge in [0.1, 0.15) is 19.3 Å². The van der Waals surface area contributed by atoms with Crippen LogP contribution in [0.2, 0.25) is 0 Å². The Bertz CT molecular complexity index is 1700. The van der Waals surface area contributed by atoms with Crippen LogP contribution in [-0.2, 0) is 27.9 Å². The van der Waals surface area contributed by atoms with Gasteiger partial charge in [-0.15, -0.1) is 0 Å². The number of amides is 1. The van der Waals surface area contributed by atoms with Crippen molar-refractivity contribution < 1.29 is 37.3 Å². The van der Waals surface area contributed by atoms with Gasteiger partial charge in [-0.05, 0) is 83.1 Å². The van der Waals surface area contributed by atoms with E-state index in [0.29, 0.717) is 17.4 Å². The van der Waals surface area contributed by atoms with Gasteiger partial charge < -0.3 is 19.4 Å². The van der Waals surface area contributed by atoms with Gasteiger partial charge in [-0.25, -0.2) is 4.57 Å². The summed E-state index contributed by atoms with van der Waals surface area (Å²) in [6, 6.07) is -0.878. The maximum atomic E-state index is 13.5. The maximum absolute atomic E-state index is 13.5. The zero-order valence-electron chi connectivity index (χ0n) is 51.1. The van der Waals surface area contributed by atoms with Crippen LogP contribution < -0.4 is 5.32 Å². The Balaban J connectivity index is 5.25. The summed E-state index contributed by atoms with van der Waals surface area (Å²) in [5, 5.41) is 3.03. The van der Waals surface area contributed by atoms with Crippen molar-refractivity contribution in [1.82, 2.24) is 5.32 Å². The van der Waals surface area contributed by atoms with Crippen molar-refractivity contribution >= 4 is 19.7 Å². The Morgan fingerprint density at radius 3 is 1.37 bits per heavy atom. The van der Waals surface area contributed by atoms with Gasteiger partial charge in [0.05, 0.1) is 33.8 Å². The summed E-state index contributed by atoms with van der Waals surface area (Å²) in [6.45, 7) is 6.80. The standard InChI is InChI=1S/C68H119N2O7P/c1-7-10-13-16-19-22-25-28-30-32-33-34-35-36-37-39-41-43-46-49-52-55-58-61-68(72)77-66(59-56-53-50-47-44-27-24-21-18-15-12-9-3)65(64-76-78(73,74)75-63-62-70(4,5)6)69-67(71)60-57-54-51-48-45-42-40-38-31-29-26-23-20-17-14-11-8-2/h11,14,17,19-20,22-23,26,28-31,38,40,42,45,56,59,65-66H,7-10,12-13,15-16,18,21,24-25,27,32-37,39,41,43-44,46-55,57-58,60-64H2,1-6H3,(H-,69,71,73,74)/p+1/b14-11-,20-17+,22-19-,26-23+,30-28-,31-29-,40-38+,45-42+,59-56-. The molecule has 0 spiro atoms. The minimum absolute atomic E-state index is 0.0258.